The van der Waals surface area contributed by atoms with Gasteiger partial charge in [-0.3, -0.25) is 9.52 Å². The molecule has 0 aromatic heterocycles. The first kappa shape index (κ1) is 20.1. The second kappa shape index (κ2) is 8.91. The summed E-state index contributed by atoms with van der Waals surface area (Å²) in [4.78, 5) is 11.6. The highest BCUT2D eigenvalue weighted by Crippen LogP contribution is 2.23. The molecule has 1 amide bonds. The van der Waals surface area contributed by atoms with Gasteiger partial charge in [0.1, 0.15) is 5.75 Å². The molecule has 0 aliphatic rings. The fourth-order valence-corrected chi connectivity index (χ4v) is 3.28. The Hall–Kier alpha value is -2.25. The van der Waals surface area contributed by atoms with Gasteiger partial charge in [0.15, 0.2) is 6.61 Å². The molecular weight excluding hydrogens is 376 g/mol. The Kier molecular flexibility index (Phi) is 6.88. The van der Waals surface area contributed by atoms with Crippen molar-refractivity contribution < 1.29 is 17.9 Å². The average Bonchev–Trinajstić information content (AvgIpc) is 2.61. The standard InChI is InChI=1S/C18H21ClN2O4S/c1-3-10-20-18(22)12-25-15-6-8-16(9-7-15)26(23,24)21-14-5-4-13(2)17(19)11-14/h4-9,11,21H,3,10,12H2,1-2H3,(H,20,22). The summed E-state index contributed by atoms with van der Waals surface area (Å²) >= 11 is 6.02. The number of benzene rings is 2. The fraction of sp³-hybridized carbons (Fsp3) is 0.278. The smallest absolute Gasteiger partial charge is 0.261 e. The number of carbonyl (C=O) groups excluding carboxylic acids is 1. The molecule has 2 aromatic rings. The molecule has 0 fully saturated rings. The van der Waals surface area contributed by atoms with Crippen LogP contribution in [0.4, 0.5) is 5.69 Å². The fourth-order valence-electron chi connectivity index (χ4n) is 2.05. The second-order valence-corrected chi connectivity index (χ2v) is 7.77. The van der Waals surface area contributed by atoms with Crippen molar-refractivity contribution in [2.75, 3.05) is 17.9 Å². The van der Waals surface area contributed by atoms with Crippen LogP contribution in [0.1, 0.15) is 18.9 Å². The van der Waals surface area contributed by atoms with Crippen molar-refractivity contribution in [1.82, 2.24) is 5.32 Å². The van der Waals surface area contributed by atoms with Crippen LogP contribution in [0.15, 0.2) is 47.4 Å². The van der Waals surface area contributed by atoms with Gasteiger partial charge in [0.2, 0.25) is 0 Å². The Morgan fingerprint density at radius 3 is 2.46 bits per heavy atom. The zero-order chi connectivity index (χ0) is 19.2. The molecule has 6 nitrogen and oxygen atoms in total. The van der Waals surface area contributed by atoms with Gasteiger partial charge in [0.25, 0.3) is 15.9 Å². The van der Waals surface area contributed by atoms with E-state index in [0.717, 1.165) is 12.0 Å². The highest BCUT2D eigenvalue weighted by atomic mass is 35.5. The Labute approximate surface area is 158 Å². The maximum atomic E-state index is 12.4. The Bertz CT molecular complexity index is 867. The van der Waals surface area contributed by atoms with Crippen molar-refractivity contribution >= 4 is 33.2 Å². The highest BCUT2D eigenvalue weighted by Gasteiger charge is 2.15. The normalized spacial score (nSPS) is 11.0. The maximum Gasteiger partial charge on any atom is 0.261 e. The average molecular weight is 397 g/mol. The molecule has 0 aliphatic carbocycles. The molecule has 2 N–H and O–H groups in total. The van der Waals surface area contributed by atoms with E-state index in [1.165, 1.54) is 24.3 Å². The van der Waals surface area contributed by atoms with Crippen molar-refractivity contribution in [2.24, 2.45) is 0 Å². The Balaban J connectivity index is 2.01. The number of sulfonamides is 1. The van der Waals surface area contributed by atoms with E-state index >= 15 is 0 Å². The maximum absolute atomic E-state index is 12.4. The van der Waals surface area contributed by atoms with Gasteiger partial charge in [-0.1, -0.05) is 24.6 Å². The molecule has 140 valence electrons. The number of carbonyl (C=O) groups is 1. The molecule has 0 atom stereocenters. The van der Waals surface area contributed by atoms with Crippen LogP contribution in [-0.2, 0) is 14.8 Å². The predicted octanol–water partition coefficient (Wildman–Crippen LogP) is 3.35. The minimum absolute atomic E-state index is 0.0805. The van der Waals surface area contributed by atoms with E-state index < -0.39 is 10.0 Å². The van der Waals surface area contributed by atoms with E-state index in [9.17, 15) is 13.2 Å². The SMILES string of the molecule is CCCNC(=O)COc1ccc(S(=O)(=O)Nc2ccc(C)c(Cl)c2)cc1. The second-order valence-electron chi connectivity index (χ2n) is 5.68. The third kappa shape index (κ3) is 5.64. The van der Waals surface area contributed by atoms with Crippen LogP contribution in [-0.4, -0.2) is 27.5 Å². The van der Waals surface area contributed by atoms with Crippen molar-refractivity contribution in [2.45, 2.75) is 25.2 Å². The van der Waals surface area contributed by atoms with Crippen LogP contribution in [0.3, 0.4) is 0 Å². The Morgan fingerprint density at radius 1 is 1.15 bits per heavy atom. The third-order valence-corrected chi connectivity index (χ3v) is 5.30. The first-order valence-corrected chi connectivity index (χ1v) is 9.96. The quantitative estimate of drug-likeness (QED) is 0.716. The van der Waals surface area contributed by atoms with E-state index in [4.69, 9.17) is 16.3 Å². The van der Waals surface area contributed by atoms with Crippen molar-refractivity contribution in [1.29, 1.82) is 0 Å². The van der Waals surface area contributed by atoms with Gasteiger partial charge in [-0.2, -0.15) is 0 Å². The largest absolute Gasteiger partial charge is 0.484 e. The molecule has 8 heteroatoms. The van der Waals surface area contributed by atoms with E-state index in [1.54, 1.807) is 18.2 Å². The molecule has 0 bridgehead atoms. The van der Waals surface area contributed by atoms with E-state index in [2.05, 4.69) is 10.0 Å². The van der Waals surface area contributed by atoms with Crippen LogP contribution >= 0.6 is 11.6 Å². The first-order chi connectivity index (χ1) is 12.3. The van der Waals surface area contributed by atoms with Crippen LogP contribution < -0.4 is 14.8 Å². The van der Waals surface area contributed by atoms with Gasteiger partial charge < -0.3 is 10.1 Å². The monoisotopic (exact) mass is 396 g/mol. The highest BCUT2D eigenvalue weighted by molar-refractivity contribution is 7.92. The number of halogens is 1. The number of rotatable bonds is 8. The number of ether oxygens (including phenoxy) is 1. The molecule has 2 rings (SSSR count). The molecule has 0 heterocycles. The van der Waals surface area contributed by atoms with Crippen molar-refractivity contribution in [3.63, 3.8) is 0 Å². The lowest BCUT2D eigenvalue weighted by molar-refractivity contribution is -0.123. The van der Waals surface area contributed by atoms with Gasteiger partial charge in [0.05, 0.1) is 10.6 Å². The molecule has 0 spiro atoms. The van der Waals surface area contributed by atoms with Gasteiger partial charge in [0, 0.05) is 11.6 Å². The minimum atomic E-state index is -3.75. The van der Waals surface area contributed by atoms with E-state index in [1.807, 2.05) is 13.8 Å². The molecule has 26 heavy (non-hydrogen) atoms. The summed E-state index contributed by atoms with van der Waals surface area (Å²) < 4.78 is 32.7. The number of nitrogens with one attached hydrogen (secondary N) is 2. The molecule has 0 aliphatic heterocycles. The molecular formula is C18H21ClN2O4S. The lowest BCUT2D eigenvalue weighted by atomic mass is 10.2. The molecule has 0 saturated heterocycles. The minimum Gasteiger partial charge on any atom is -0.484 e. The first-order valence-electron chi connectivity index (χ1n) is 8.10. The number of hydrogen-bond donors (Lipinski definition) is 2. The van der Waals surface area contributed by atoms with Crippen LogP contribution in [0, 0.1) is 6.92 Å². The molecule has 0 radical (unpaired) electrons. The van der Waals surface area contributed by atoms with Gasteiger partial charge in [-0.05, 0) is 55.3 Å². The molecule has 0 unspecified atom stereocenters. The predicted molar refractivity (Wildman–Crippen MR) is 102 cm³/mol. The van der Waals surface area contributed by atoms with E-state index in [0.29, 0.717) is 23.0 Å². The summed E-state index contributed by atoms with van der Waals surface area (Å²) in [5.41, 5.74) is 1.24. The molecule has 0 saturated carbocycles. The van der Waals surface area contributed by atoms with Gasteiger partial charge >= 0.3 is 0 Å². The van der Waals surface area contributed by atoms with Crippen molar-refractivity contribution in [3.05, 3.63) is 53.1 Å². The zero-order valence-corrected chi connectivity index (χ0v) is 16.2. The summed E-state index contributed by atoms with van der Waals surface area (Å²) in [5, 5.41) is 3.18. The summed E-state index contributed by atoms with van der Waals surface area (Å²) in [5.74, 6) is 0.190. The summed E-state index contributed by atoms with van der Waals surface area (Å²) in [7, 11) is -3.75. The van der Waals surface area contributed by atoms with Gasteiger partial charge in [-0.15, -0.1) is 0 Å². The lowest BCUT2D eigenvalue weighted by Gasteiger charge is -2.10. The number of amides is 1. The molecule has 2 aromatic carbocycles. The van der Waals surface area contributed by atoms with Crippen LogP contribution in [0.5, 0.6) is 5.75 Å². The van der Waals surface area contributed by atoms with Crippen LogP contribution in [0.2, 0.25) is 5.02 Å². The number of hydrogen-bond acceptors (Lipinski definition) is 4. The zero-order valence-electron chi connectivity index (χ0n) is 14.6. The Morgan fingerprint density at radius 2 is 1.85 bits per heavy atom. The summed E-state index contributed by atoms with van der Waals surface area (Å²) in [6, 6.07) is 10.8. The number of aryl methyl sites for hydroxylation is 1. The third-order valence-electron chi connectivity index (χ3n) is 3.50. The van der Waals surface area contributed by atoms with Crippen molar-refractivity contribution in [3.8, 4) is 5.75 Å². The van der Waals surface area contributed by atoms with Gasteiger partial charge in [-0.25, -0.2) is 8.42 Å². The summed E-state index contributed by atoms with van der Waals surface area (Å²) in [6.07, 6.45) is 0.845. The number of anilines is 1. The van der Waals surface area contributed by atoms with Crippen LogP contribution in [0.25, 0.3) is 0 Å². The van der Waals surface area contributed by atoms with E-state index in [-0.39, 0.29) is 17.4 Å². The summed E-state index contributed by atoms with van der Waals surface area (Å²) in [6.45, 7) is 4.26. The lowest BCUT2D eigenvalue weighted by Crippen LogP contribution is -2.29. The topological polar surface area (TPSA) is 84.5 Å².